The van der Waals surface area contributed by atoms with Crippen molar-refractivity contribution in [3.63, 3.8) is 0 Å². The van der Waals surface area contributed by atoms with Crippen molar-refractivity contribution in [2.24, 2.45) is 0 Å². The number of nitrogens with zero attached hydrogens (tertiary/aromatic N) is 2. The zero-order valence-electron chi connectivity index (χ0n) is 18.2. The third-order valence-corrected chi connectivity index (χ3v) is 7.22. The van der Waals surface area contributed by atoms with Crippen LogP contribution in [-0.4, -0.2) is 56.1 Å². The fraction of sp³-hybridized carbons (Fsp3) is 0.500. The number of rotatable bonds is 6. The molecule has 1 aromatic carbocycles. The lowest BCUT2D eigenvalue weighted by Gasteiger charge is -2.35. The molecule has 166 valence electrons. The van der Waals surface area contributed by atoms with Crippen molar-refractivity contribution >= 4 is 33.9 Å². The fourth-order valence-electron chi connectivity index (χ4n) is 4.42. The summed E-state index contributed by atoms with van der Waals surface area (Å²) >= 11 is 1.56. The van der Waals surface area contributed by atoms with Crippen LogP contribution in [0.25, 0.3) is 0 Å². The molecule has 0 atom stereocenters. The predicted molar refractivity (Wildman–Crippen MR) is 125 cm³/mol. The Morgan fingerprint density at radius 1 is 1.03 bits per heavy atom. The lowest BCUT2D eigenvalue weighted by Crippen LogP contribution is -2.48. The van der Waals surface area contributed by atoms with Gasteiger partial charge in [-0.1, -0.05) is 24.6 Å². The van der Waals surface area contributed by atoms with Crippen LogP contribution in [0, 0.1) is 0 Å². The molecular weight excluding hydrogens is 410 g/mol. The molecule has 0 saturated carbocycles. The van der Waals surface area contributed by atoms with Gasteiger partial charge in [-0.3, -0.25) is 9.69 Å². The van der Waals surface area contributed by atoms with Gasteiger partial charge in [-0.05, 0) is 50.3 Å². The number of hydrogen-bond acceptors (Lipinski definition) is 6. The highest BCUT2D eigenvalue weighted by molar-refractivity contribution is 7.17. The number of carbonyl (C=O) groups excluding carboxylic acids is 2. The van der Waals surface area contributed by atoms with Crippen LogP contribution in [0.4, 0.5) is 10.7 Å². The third-order valence-electron chi connectivity index (χ3n) is 6.01. The first-order valence-corrected chi connectivity index (χ1v) is 12.1. The lowest BCUT2D eigenvalue weighted by molar-refractivity contribution is -0.117. The van der Waals surface area contributed by atoms with Crippen LogP contribution in [0.1, 0.15) is 47.0 Å². The molecule has 0 radical (unpaired) electrons. The van der Waals surface area contributed by atoms with Crippen LogP contribution in [-0.2, 0) is 22.4 Å². The van der Waals surface area contributed by atoms with E-state index in [0.717, 1.165) is 57.4 Å². The minimum atomic E-state index is -0.311. The van der Waals surface area contributed by atoms with Crippen molar-refractivity contribution < 1.29 is 14.3 Å². The standard InChI is InChI=1S/C24H31N3O3S/c1-2-30-24(29)22-19-11-7-4-8-12-20(19)31-23(22)25-21(28)17-26-13-15-27(16-14-26)18-9-5-3-6-10-18/h3,5-6,9-10H,2,4,7-8,11-17H2,1H3,(H,25,28). The molecule has 1 aromatic heterocycles. The second-order valence-corrected chi connectivity index (χ2v) is 9.24. The highest BCUT2D eigenvalue weighted by Crippen LogP contribution is 2.38. The minimum absolute atomic E-state index is 0.0601. The second-order valence-electron chi connectivity index (χ2n) is 8.14. The Morgan fingerprint density at radius 3 is 2.52 bits per heavy atom. The smallest absolute Gasteiger partial charge is 0.341 e. The summed E-state index contributed by atoms with van der Waals surface area (Å²) in [5.41, 5.74) is 2.91. The molecule has 7 heteroatoms. The van der Waals surface area contributed by atoms with E-state index in [4.69, 9.17) is 4.74 Å². The molecule has 1 N–H and O–H groups in total. The number of amides is 1. The molecule has 1 aliphatic carbocycles. The summed E-state index contributed by atoms with van der Waals surface area (Å²) < 4.78 is 5.32. The summed E-state index contributed by atoms with van der Waals surface area (Å²) in [5, 5.41) is 3.71. The van der Waals surface area contributed by atoms with Crippen LogP contribution in [0.5, 0.6) is 0 Å². The number of para-hydroxylation sites is 1. The van der Waals surface area contributed by atoms with Gasteiger partial charge in [0.05, 0.1) is 18.7 Å². The zero-order valence-corrected chi connectivity index (χ0v) is 19.0. The number of thiophene rings is 1. The molecule has 31 heavy (non-hydrogen) atoms. The topological polar surface area (TPSA) is 61.9 Å². The molecule has 1 saturated heterocycles. The average Bonchev–Trinajstić information content (AvgIpc) is 2.95. The number of anilines is 2. The molecule has 4 rings (SSSR count). The van der Waals surface area contributed by atoms with Gasteiger partial charge in [0.1, 0.15) is 5.00 Å². The molecule has 1 aliphatic heterocycles. The minimum Gasteiger partial charge on any atom is -0.462 e. The van der Waals surface area contributed by atoms with Crippen LogP contribution >= 0.6 is 11.3 Å². The van der Waals surface area contributed by atoms with E-state index < -0.39 is 0 Å². The maximum Gasteiger partial charge on any atom is 0.341 e. The second kappa shape index (κ2) is 10.3. The van der Waals surface area contributed by atoms with E-state index in [9.17, 15) is 9.59 Å². The quantitative estimate of drug-likeness (QED) is 0.543. The van der Waals surface area contributed by atoms with Crippen LogP contribution in [0.2, 0.25) is 0 Å². The van der Waals surface area contributed by atoms with Gasteiger partial charge in [-0.15, -0.1) is 11.3 Å². The summed E-state index contributed by atoms with van der Waals surface area (Å²) in [6, 6.07) is 10.4. The van der Waals surface area contributed by atoms with E-state index in [2.05, 4.69) is 39.4 Å². The summed E-state index contributed by atoms with van der Waals surface area (Å²) in [4.78, 5) is 31.3. The summed E-state index contributed by atoms with van der Waals surface area (Å²) in [6.07, 6.45) is 5.26. The van der Waals surface area contributed by atoms with Gasteiger partial charge in [0.2, 0.25) is 5.91 Å². The Labute approximate surface area is 188 Å². The number of carbonyl (C=O) groups is 2. The van der Waals surface area contributed by atoms with Gasteiger partial charge in [0.15, 0.2) is 0 Å². The molecule has 2 heterocycles. The number of piperazine rings is 1. The van der Waals surface area contributed by atoms with Crippen LogP contribution in [0.3, 0.4) is 0 Å². The van der Waals surface area contributed by atoms with Crippen molar-refractivity contribution in [3.8, 4) is 0 Å². The van der Waals surface area contributed by atoms with Gasteiger partial charge < -0.3 is 15.0 Å². The number of esters is 1. The van der Waals surface area contributed by atoms with Crippen LogP contribution < -0.4 is 10.2 Å². The van der Waals surface area contributed by atoms with Crippen molar-refractivity contribution in [1.82, 2.24) is 4.90 Å². The number of aryl methyl sites for hydroxylation is 1. The number of fused-ring (bicyclic) bond motifs is 1. The molecule has 1 fully saturated rings. The largest absolute Gasteiger partial charge is 0.462 e. The van der Waals surface area contributed by atoms with Gasteiger partial charge in [0.25, 0.3) is 0 Å². The Morgan fingerprint density at radius 2 is 1.77 bits per heavy atom. The van der Waals surface area contributed by atoms with Crippen molar-refractivity contribution in [2.75, 3.05) is 49.5 Å². The van der Waals surface area contributed by atoms with Gasteiger partial charge in [-0.25, -0.2) is 4.79 Å². The number of ether oxygens (including phenoxy) is 1. The normalized spacial score (nSPS) is 17.0. The van der Waals surface area contributed by atoms with E-state index in [1.54, 1.807) is 11.3 Å². The fourth-order valence-corrected chi connectivity index (χ4v) is 5.72. The molecule has 0 bridgehead atoms. The molecule has 1 amide bonds. The average molecular weight is 442 g/mol. The highest BCUT2D eigenvalue weighted by atomic mass is 32.1. The van der Waals surface area contributed by atoms with Crippen molar-refractivity contribution in [1.29, 1.82) is 0 Å². The molecule has 0 unspecified atom stereocenters. The van der Waals surface area contributed by atoms with Crippen molar-refractivity contribution in [2.45, 2.75) is 39.0 Å². The lowest BCUT2D eigenvalue weighted by atomic mass is 10.1. The third kappa shape index (κ3) is 5.28. The van der Waals surface area contributed by atoms with E-state index >= 15 is 0 Å². The Balaban J connectivity index is 1.39. The van der Waals surface area contributed by atoms with E-state index in [1.165, 1.54) is 17.0 Å². The number of hydrogen-bond donors (Lipinski definition) is 1. The Bertz CT molecular complexity index is 904. The first-order chi connectivity index (χ1) is 15.2. The highest BCUT2D eigenvalue weighted by Gasteiger charge is 2.27. The van der Waals surface area contributed by atoms with E-state index in [0.29, 0.717) is 23.7 Å². The number of benzene rings is 1. The van der Waals surface area contributed by atoms with Gasteiger partial charge >= 0.3 is 5.97 Å². The van der Waals surface area contributed by atoms with Crippen LogP contribution in [0.15, 0.2) is 30.3 Å². The molecule has 0 spiro atoms. The first-order valence-electron chi connectivity index (χ1n) is 11.3. The predicted octanol–water partition coefficient (Wildman–Crippen LogP) is 3.95. The maximum atomic E-state index is 12.8. The van der Waals surface area contributed by atoms with Gasteiger partial charge in [-0.2, -0.15) is 0 Å². The molecule has 6 nitrogen and oxygen atoms in total. The SMILES string of the molecule is CCOC(=O)c1c(NC(=O)CN2CCN(c3ccccc3)CC2)sc2c1CCCCC2. The Hall–Kier alpha value is -2.38. The molecular formula is C24H31N3O3S. The zero-order chi connectivity index (χ0) is 21.6. The monoisotopic (exact) mass is 441 g/mol. The molecule has 2 aliphatic rings. The van der Waals surface area contributed by atoms with E-state index in [1.807, 2.05) is 13.0 Å². The van der Waals surface area contributed by atoms with Gasteiger partial charge in [0, 0.05) is 36.7 Å². The summed E-state index contributed by atoms with van der Waals surface area (Å²) in [7, 11) is 0. The summed E-state index contributed by atoms with van der Waals surface area (Å²) in [5.74, 6) is -0.371. The first kappa shape index (κ1) is 21.8. The summed E-state index contributed by atoms with van der Waals surface area (Å²) in [6.45, 7) is 5.98. The van der Waals surface area contributed by atoms with E-state index in [-0.39, 0.29) is 11.9 Å². The maximum absolute atomic E-state index is 12.8. The number of nitrogens with one attached hydrogen (secondary N) is 1. The molecule has 2 aromatic rings. The Kier molecular flexibility index (Phi) is 7.25. The van der Waals surface area contributed by atoms with Crippen molar-refractivity contribution in [3.05, 3.63) is 46.3 Å².